The van der Waals surface area contributed by atoms with Gasteiger partial charge >= 0.3 is 6.18 Å². The van der Waals surface area contributed by atoms with Crippen molar-refractivity contribution in [3.05, 3.63) is 77.4 Å². The molecule has 0 saturated carbocycles. The summed E-state index contributed by atoms with van der Waals surface area (Å²) in [6.07, 6.45) is -1.81. The van der Waals surface area contributed by atoms with E-state index in [0.29, 0.717) is 11.1 Å². The van der Waals surface area contributed by atoms with Crippen molar-refractivity contribution in [3.63, 3.8) is 0 Å². The number of hydrogen-bond acceptors (Lipinski definition) is 1. The second kappa shape index (κ2) is 6.41. The van der Waals surface area contributed by atoms with E-state index >= 15 is 0 Å². The van der Waals surface area contributed by atoms with Crippen molar-refractivity contribution in [1.29, 1.82) is 0 Å². The first-order valence-corrected chi connectivity index (χ1v) is 7.15. The lowest BCUT2D eigenvalue weighted by Crippen LogP contribution is -2.15. The number of aldehydes is 1. The van der Waals surface area contributed by atoms with Gasteiger partial charge in [-0.2, -0.15) is 13.2 Å². The van der Waals surface area contributed by atoms with Crippen LogP contribution in [0.25, 0.3) is 5.57 Å². The van der Waals surface area contributed by atoms with Crippen molar-refractivity contribution in [3.8, 4) is 0 Å². The van der Waals surface area contributed by atoms with E-state index in [2.05, 4.69) is 0 Å². The van der Waals surface area contributed by atoms with Crippen LogP contribution in [0.3, 0.4) is 0 Å². The van der Waals surface area contributed by atoms with E-state index in [1.54, 1.807) is 6.08 Å². The highest BCUT2D eigenvalue weighted by Gasteiger charge is 2.30. The molecule has 0 aliphatic carbocycles. The molecule has 2 rings (SSSR count). The summed E-state index contributed by atoms with van der Waals surface area (Å²) in [5.74, 6) is 0. The molecule has 0 aliphatic rings. The Hall–Kier alpha value is -2.36. The zero-order chi connectivity index (χ0) is 17.1. The molecule has 0 aromatic heterocycles. The quantitative estimate of drug-likeness (QED) is 0.555. The second-order valence-electron chi connectivity index (χ2n) is 5.88. The van der Waals surface area contributed by atoms with Crippen LogP contribution >= 0.6 is 0 Å². The number of halogens is 3. The molecule has 0 atom stereocenters. The SMILES string of the molecule is CC(C)(/C=C(/C=O)c1ccccc1)c1ccc(C(F)(F)F)cc1. The summed E-state index contributed by atoms with van der Waals surface area (Å²) in [4.78, 5) is 11.4. The summed E-state index contributed by atoms with van der Waals surface area (Å²) in [5, 5.41) is 0. The fraction of sp³-hybridized carbons (Fsp3) is 0.211. The Morgan fingerprint density at radius 3 is 1.87 bits per heavy atom. The van der Waals surface area contributed by atoms with Crippen molar-refractivity contribution in [2.75, 3.05) is 0 Å². The zero-order valence-corrected chi connectivity index (χ0v) is 12.9. The van der Waals surface area contributed by atoms with E-state index in [4.69, 9.17) is 0 Å². The minimum atomic E-state index is -4.35. The summed E-state index contributed by atoms with van der Waals surface area (Å²) in [7, 11) is 0. The molecule has 0 heterocycles. The summed E-state index contributed by atoms with van der Waals surface area (Å²) >= 11 is 0. The van der Waals surface area contributed by atoms with Crippen LogP contribution in [0, 0.1) is 0 Å². The number of hydrogen-bond donors (Lipinski definition) is 0. The van der Waals surface area contributed by atoms with Crippen LogP contribution in [0.5, 0.6) is 0 Å². The molecular formula is C19H17F3O. The van der Waals surface area contributed by atoms with Gasteiger partial charge in [0.25, 0.3) is 0 Å². The van der Waals surface area contributed by atoms with Crippen molar-refractivity contribution in [2.45, 2.75) is 25.4 Å². The molecule has 23 heavy (non-hydrogen) atoms. The van der Waals surface area contributed by atoms with E-state index in [-0.39, 0.29) is 0 Å². The first-order valence-electron chi connectivity index (χ1n) is 7.15. The molecule has 0 saturated heterocycles. The molecule has 2 aromatic carbocycles. The predicted molar refractivity (Wildman–Crippen MR) is 85.0 cm³/mol. The van der Waals surface area contributed by atoms with E-state index in [1.807, 2.05) is 44.2 Å². The molecule has 0 radical (unpaired) electrons. The fourth-order valence-electron chi connectivity index (χ4n) is 2.38. The molecular weight excluding hydrogens is 301 g/mol. The van der Waals surface area contributed by atoms with Crippen molar-refractivity contribution >= 4 is 11.9 Å². The monoisotopic (exact) mass is 318 g/mol. The average molecular weight is 318 g/mol. The van der Waals surface area contributed by atoms with E-state index in [9.17, 15) is 18.0 Å². The number of alkyl halides is 3. The molecule has 0 spiro atoms. The Bertz CT molecular complexity index is 696. The molecule has 0 unspecified atom stereocenters. The Kier molecular flexibility index (Phi) is 4.73. The highest BCUT2D eigenvalue weighted by molar-refractivity contribution is 6.07. The second-order valence-corrected chi connectivity index (χ2v) is 5.88. The van der Waals surface area contributed by atoms with Crippen LogP contribution < -0.4 is 0 Å². The number of benzene rings is 2. The first-order chi connectivity index (χ1) is 10.7. The lowest BCUT2D eigenvalue weighted by atomic mass is 9.82. The number of carbonyl (C=O) groups excluding carboxylic acids is 1. The molecule has 0 fully saturated rings. The maximum absolute atomic E-state index is 12.6. The van der Waals surface area contributed by atoms with Crippen LogP contribution in [-0.4, -0.2) is 6.29 Å². The van der Waals surface area contributed by atoms with Crippen LogP contribution in [0.2, 0.25) is 0 Å². The highest BCUT2D eigenvalue weighted by atomic mass is 19.4. The van der Waals surface area contributed by atoms with Gasteiger partial charge in [-0.3, -0.25) is 4.79 Å². The number of carbonyl (C=O) groups is 1. The highest BCUT2D eigenvalue weighted by Crippen LogP contribution is 2.33. The lowest BCUT2D eigenvalue weighted by molar-refractivity contribution is -0.137. The molecule has 1 nitrogen and oxygen atoms in total. The van der Waals surface area contributed by atoms with Crippen LogP contribution in [-0.2, 0) is 16.4 Å². The minimum absolute atomic E-state index is 0.510. The minimum Gasteiger partial charge on any atom is -0.298 e. The van der Waals surface area contributed by atoms with Gasteiger partial charge in [0.15, 0.2) is 0 Å². The van der Waals surface area contributed by atoms with E-state index < -0.39 is 17.2 Å². The Labute approximate surface area is 133 Å². The molecule has 0 aliphatic heterocycles. The largest absolute Gasteiger partial charge is 0.416 e. The fourth-order valence-corrected chi connectivity index (χ4v) is 2.38. The van der Waals surface area contributed by atoms with Crippen LogP contribution in [0.1, 0.15) is 30.5 Å². The number of rotatable bonds is 4. The van der Waals surface area contributed by atoms with Crippen molar-refractivity contribution in [1.82, 2.24) is 0 Å². The topological polar surface area (TPSA) is 17.1 Å². The Morgan fingerprint density at radius 1 is 0.870 bits per heavy atom. The molecule has 0 bridgehead atoms. The Balaban J connectivity index is 2.37. The van der Waals surface area contributed by atoms with Crippen LogP contribution in [0.15, 0.2) is 60.7 Å². The molecule has 0 N–H and O–H groups in total. The third kappa shape index (κ3) is 4.09. The molecule has 0 amide bonds. The molecule has 4 heteroatoms. The van der Waals surface area contributed by atoms with Gasteiger partial charge in [-0.1, -0.05) is 62.4 Å². The third-order valence-corrected chi connectivity index (χ3v) is 3.71. The van der Waals surface area contributed by atoms with Gasteiger partial charge in [0.05, 0.1) is 5.56 Å². The standard InChI is InChI=1S/C19H17F3O/c1-18(2,12-15(13-23)14-6-4-3-5-7-14)16-8-10-17(11-9-16)19(20,21)22/h3-13H,1-2H3/b15-12-. The summed E-state index contributed by atoms with van der Waals surface area (Å²) in [6.45, 7) is 3.73. The van der Waals surface area contributed by atoms with Gasteiger partial charge in [0.1, 0.15) is 6.29 Å². The van der Waals surface area contributed by atoms with Crippen LogP contribution in [0.4, 0.5) is 13.2 Å². The normalized spacial score (nSPS) is 13.0. The average Bonchev–Trinajstić information content (AvgIpc) is 2.53. The molecule has 120 valence electrons. The van der Waals surface area contributed by atoms with Crippen molar-refractivity contribution in [2.24, 2.45) is 0 Å². The predicted octanol–water partition coefficient (Wildman–Crippen LogP) is 5.27. The maximum Gasteiger partial charge on any atom is 0.416 e. The van der Waals surface area contributed by atoms with Gasteiger partial charge in [0, 0.05) is 11.0 Å². The number of allylic oxidation sites excluding steroid dienone is 2. The summed E-state index contributed by atoms with van der Waals surface area (Å²) in [6, 6.07) is 14.2. The van der Waals surface area contributed by atoms with Gasteiger partial charge in [-0.25, -0.2) is 0 Å². The summed E-state index contributed by atoms with van der Waals surface area (Å²) < 4.78 is 37.9. The lowest BCUT2D eigenvalue weighted by Gasteiger charge is -2.23. The van der Waals surface area contributed by atoms with Gasteiger partial charge < -0.3 is 0 Å². The zero-order valence-electron chi connectivity index (χ0n) is 12.9. The van der Waals surface area contributed by atoms with Crippen molar-refractivity contribution < 1.29 is 18.0 Å². The Morgan fingerprint density at radius 2 is 1.39 bits per heavy atom. The smallest absolute Gasteiger partial charge is 0.298 e. The van der Waals surface area contributed by atoms with Gasteiger partial charge in [0.2, 0.25) is 0 Å². The first kappa shape index (κ1) is 17.0. The van der Waals surface area contributed by atoms with E-state index in [0.717, 1.165) is 24.0 Å². The molecule has 2 aromatic rings. The maximum atomic E-state index is 12.6. The summed E-state index contributed by atoms with van der Waals surface area (Å²) in [5.41, 5.74) is 0.745. The van der Waals surface area contributed by atoms with Gasteiger partial charge in [-0.05, 0) is 23.3 Å². The van der Waals surface area contributed by atoms with E-state index in [1.165, 1.54) is 12.1 Å². The third-order valence-electron chi connectivity index (χ3n) is 3.71. The van der Waals surface area contributed by atoms with Gasteiger partial charge in [-0.15, -0.1) is 0 Å².